The van der Waals surface area contributed by atoms with Crippen LogP contribution in [0.25, 0.3) is 0 Å². The van der Waals surface area contributed by atoms with Crippen LogP contribution in [0.1, 0.15) is 238 Å². The number of allylic oxidation sites excluding steroid dienone is 6. The van der Waals surface area contributed by atoms with Crippen LogP contribution in [0, 0.1) is 135 Å². The predicted molar refractivity (Wildman–Crippen MR) is 279 cm³/mol. The first kappa shape index (κ1) is 44.6. The van der Waals surface area contributed by atoms with Crippen molar-refractivity contribution in [2.75, 3.05) is 0 Å². The Kier molecular flexibility index (Phi) is 12.1. The van der Waals surface area contributed by atoms with Crippen LogP contribution in [0.15, 0.2) is 35.5 Å². The summed E-state index contributed by atoms with van der Waals surface area (Å²) in [5, 5.41) is 9.09. The molecule has 2 spiro atoms. The fraction of sp³-hybridized carbons (Fsp3) is 0.894. The first-order valence-corrected chi connectivity index (χ1v) is 31.8. The summed E-state index contributed by atoms with van der Waals surface area (Å²) >= 11 is 0. The Morgan fingerprint density at radius 2 is 0.970 bits per heavy atom. The molecule has 0 aromatic carbocycles. The number of hydrogen-bond donors (Lipinski definition) is 1. The molecular weight excluding hydrogens is 807 g/mol. The van der Waals surface area contributed by atoms with Gasteiger partial charge in [-0.05, 0) is 290 Å². The van der Waals surface area contributed by atoms with Gasteiger partial charge in [0.05, 0.1) is 0 Å². The Morgan fingerprint density at radius 3 is 1.60 bits per heavy atom. The lowest BCUT2D eigenvalue weighted by Gasteiger charge is -2.72. The smallest absolute Gasteiger partial charge is 0.0348 e. The largest absolute Gasteiger partial charge is 0.305 e. The van der Waals surface area contributed by atoms with Crippen molar-refractivity contribution >= 4 is 5.71 Å². The zero-order valence-electron chi connectivity index (χ0n) is 43.0. The normalized spacial score (nSPS) is 53.4. The quantitative estimate of drug-likeness (QED) is 0.210. The van der Waals surface area contributed by atoms with E-state index in [1.165, 1.54) is 44.1 Å². The number of fused-ring (bicyclic) bond motifs is 18. The van der Waals surface area contributed by atoms with Gasteiger partial charge in [0.25, 0.3) is 0 Å². The minimum absolute atomic E-state index is 0.596. The lowest BCUT2D eigenvalue weighted by atomic mass is 9.32. The standard InChI is InChI=1S/C66H99N/c67-62(43-18-2-1-3-19-43)40-42-34-36-44(37-35-42)63-50-24-4-6-26-52(50)64(53-27-7-5-25-51(53)63)45-38-39-60-61(41-45)66(56-30-14-10-22-48(56)49-23-11-15-31-57(49)66)59-33-17-16-32-58(59)65(60)54-28-12-8-20-46(54)47-21-9-13-29-55(47)65/h1-2,18,28,42,44-53,55-61,63-64,67H,3-17,19-27,29-41H2. The van der Waals surface area contributed by atoms with Crippen molar-refractivity contribution in [2.45, 2.75) is 238 Å². The highest BCUT2D eigenvalue weighted by Gasteiger charge is 2.77. The summed E-state index contributed by atoms with van der Waals surface area (Å²) in [6, 6.07) is 0. The SMILES string of the molecule is N=C(CC1CCC(C2C3CCCCC3C(C3CCC4C(C3)C3(C5CCCCC5C5CCCCC53)C3CCCCC3C43C4=CCCCC4C4CCCCC43)C3CCCCC32)CC1)C1=CC=CCC1. The third-order valence-electron chi connectivity index (χ3n) is 27.2. The Hall–Kier alpha value is -1.11. The van der Waals surface area contributed by atoms with Crippen molar-refractivity contribution in [1.29, 1.82) is 5.41 Å². The summed E-state index contributed by atoms with van der Waals surface area (Å²) in [6.07, 6.45) is 66.9. The number of rotatable bonds is 5. The van der Waals surface area contributed by atoms with Gasteiger partial charge in [0.1, 0.15) is 0 Å². The van der Waals surface area contributed by atoms with Gasteiger partial charge in [0.2, 0.25) is 0 Å². The molecule has 1 nitrogen and oxygen atoms in total. The highest BCUT2D eigenvalue weighted by molar-refractivity contribution is 5.98. The third kappa shape index (κ3) is 6.76. The molecule has 1 heteroatoms. The number of hydrogen-bond acceptors (Lipinski definition) is 1. The van der Waals surface area contributed by atoms with Gasteiger partial charge in [0, 0.05) is 11.1 Å². The van der Waals surface area contributed by atoms with Gasteiger partial charge in [-0.1, -0.05) is 107 Å². The topological polar surface area (TPSA) is 23.9 Å². The van der Waals surface area contributed by atoms with Crippen LogP contribution in [0.2, 0.25) is 0 Å². The Balaban J connectivity index is 0.833. The molecule has 14 rings (SSSR count). The lowest BCUT2D eigenvalue weighted by Crippen LogP contribution is -2.67. The molecule has 14 aliphatic rings. The van der Waals surface area contributed by atoms with Crippen molar-refractivity contribution in [3.63, 3.8) is 0 Å². The van der Waals surface area contributed by atoms with Gasteiger partial charge in [-0.3, -0.25) is 0 Å². The second-order valence-electron chi connectivity index (χ2n) is 28.6. The summed E-state index contributed by atoms with van der Waals surface area (Å²) in [4.78, 5) is 0. The first-order valence-electron chi connectivity index (χ1n) is 31.8. The van der Waals surface area contributed by atoms with Gasteiger partial charge in [-0.2, -0.15) is 0 Å². The maximum atomic E-state index is 9.09. The summed E-state index contributed by atoms with van der Waals surface area (Å²) in [5.41, 5.74) is 5.84. The van der Waals surface area contributed by atoms with Crippen LogP contribution in [0.5, 0.6) is 0 Å². The fourth-order valence-electron chi connectivity index (χ4n) is 26.1. The molecule has 0 aromatic heterocycles. The van der Waals surface area contributed by atoms with E-state index in [0.29, 0.717) is 10.8 Å². The molecule has 67 heavy (non-hydrogen) atoms. The minimum Gasteiger partial charge on any atom is -0.305 e. The summed E-state index contributed by atoms with van der Waals surface area (Å²) in [7, 11) is 0. The predicted octanol–water partition coefficient (Wildman–Crippen LogP) is 18.3. The van der Waals surface area contributed by atoms with Crippen molar-refractivity contribution in [3.05, 3.63) is 35.5 Å². The summed E-state index contributed by atoms with van der Waals surface area (Å²) in [6.45, 7) is 0. The molecule has 0 heterocycles. The molecule has 12 fully saturated rings. The molecule has 0 radical (unpaired) electrons. The molecule has 0 aliphatic heterocycles. The molecule has 368 valence electrons. The maximum Gasteiger partial charge on any atom is 0.0348 e. The maximum absolute atomic E-state index is 9.09. The van der Waals surface area contributed by atoms with Crippen LogP contribution in [-0.2, 0) is 0 Å². The van der Waals surface area contributed by atoms with Crippen LogP contribution in [-0.4, -0.2) is 5.71 Å². The first-order chi connectivity index (χ1) is 33.2. The Bertz CT molecular complexity index is 1860. The van der Waals surface area contributed by atoms with E-state index in [2.05, 4.69) is 29.9 Å². The fourth-order valence-corrected chi connectivity index (χ4v) is 26.1. The van der Waals surface area contributed by atoms with Crippen molar-refractivity contribution < 1.29 is 0 Å². The van der Waals surface area contributed by atoms with Crippen LogP contribution in [0.4, 0.5) is 0 Å². The van der Waals surface area contributed by atoms with E-state index in [1.54, 1.807) is 180 Å². The average molecular weight is 907 g/mol. The van der Waals surface area contributed by atoms with Gasteiger partial charge < -0.3 is 5.41 Å². The number of nitrogens with one attached hydrogen (secondary N) is 1. The van der Waals surface area contributed by atoms with Crippen molar-refractivity contribution in [3.8, 4) is 0 Å². The van der Waals surface area contributed by atoms with Crippen LogP contribution in [0.3, 0.4) is 0 Å². The van der Waals surface area contributed by atoms with E-state index in [9.17, 15) is 0 Å². The van der Waals surface area contributed by atoms with E-state index >= 15 is 0 Å². The molecule has 0 saturated heterocycles. The minimum atomic E-state index is 0.596. The van der Waals surface area contributed by atoms with Gasteiger partial charge >= 0.3 is 0 Å². The molecule has 17 atom stereocenters. The second kappa shape index (κ2) is 18.1. The van der Waals surface area contributed by atoms with Gasteiger partial charge in [-0.25, -0.2) is 0 Å². The third-order valence-corrected chi connectivity index (χ3v) is 27.2. The lowest BCUT2D eigenvalue weighted by molar-refractivity contribution is -0.231. The highest BCUT2D eigenvalue weighted by Crippen LogP contribution is 2.83. The summed E-state index contributed by atoms with van der Waals surface area (Å²) < 4.78 is 0. The molecule has 17 unspecified atom stereocenters. The Labute approximate surface area is 411 Å². The van der Waals surface area contributed by atoms with E-state index in [4.69, 9.17) is 5.41 Å². The van der Waals surface area contributed by atoms with E-state index in [0.717, 1.165) is 143 Å². The molecule has 1 N–H and O–H groups in total. The monoisotopic (exact) mass is 906 g/mol. The molecule has 14 aliphatic carbocycles. The van der Waals surface area contributed by atoms with Crippen LogP contribution < -0.4 is 0 Å². The van der Waals surface area contributed by atoms with E-state index in [1.807, 2.05) is 0 Å². The van der Waals surface area contributed by atoms with Crippen molar-refractivity contribution in [2.24, 2.45) is 129 Å². The zero-order valence-corrected chi connectivity index (χ0v) is 43.0. The zero-order chi connectivity index (χ0) is 44.3. The molecule has 0 bridgehead atoms. The summed E-state index contributed by atoms with van der Waals surface area (Å²) in [5.74, 6) is 20.8. The molecule has 12 saturated carbocycles. The van der Waals surface area contributed by atoms with E-state index < -0.39 is 0 Å². The molecular formula is C66H99N. The van der Waals surface area contributed by atoms with Gasteiger partial charge in [-0.15, -0.1) is 0 Å². The highest BCUT2D eigenvalue weighted by atomic mass is 14.8. The Morgan fingerprint density at radius 1 is 0.448 bits per heavy atom. The van der Waals surface area contributed by atoms with Gasteiger partial charge in [0.15, 0.2) is 0 Å². The second-order valence-corrected chi connectivity index (χ2v) is 28.6. The van der Waals surface area contributed by atoms with E-state index in [-0.39, 0.29) is 0 Å². The average Bonchev–Trinajstić information content (AvgIpc) is 3.86. The molecule has 0 amide bonds. The molecule has 0 aromatic rings. The van der Waals surface area contributed by atoms with Crippen LogP contribution >= 0.6 is 0 Å². The van der Waals surface area contributed by atoms with Crippen molar-refractivity contribution in [1.82, 2.24) is 0 Å².